The van der Waals surface area contributed by atoms with Gasteiger partial charge in [0.15, 0.2) is 0 Å². The number of rotatable bonds is 3. The molecule has 0 saturated carbocycles. The van der Waals surface area contributed by atoms with Gasteiger partial charge >= 0.3 is 6.09 Å². The van der Waals surface area contributed by atoms with Crippen LogP contribution in [0.2, 0.25) is 18.1 Å². The van der Waals surface area contributed by atoms with Gasteiger partial charge in [0.05, 0.1) is 5.69 Å². The molecule has 1 aromatic rings. The molecule has 0 fully saturated rings. The molecule has 0 bridgehead atoms. The first-order chi connectivity index (χ1) is 11.7. The van der Waals surface area contributed by atoms with Crippen molar-refractivity contribution in [3.63, 3.8) is 0 Å². The van der Waals surface area contributed by atoms with Gasteiger partial charge in [0.25, 0.3) is 0 Å². The van der Waals surface area contributed by atoms with Crippen LogP contribution in [-0.4, -0.2) is 26.6 Å². The zero-order chi connectivity index (χ0) is 19.9. The van der Waals surface area contributed by atoms with Gasteiger partial charge in [0, 0.05) is 17.6 Å². The molecular weight excluding hydrogens is 410 g/mol. The smallest absolute Gasteiger partial charge is 0.414 e. The standard InChI is InChI=1S/C20H32BrNO3Si/c1-19(2,3)25-18(23)22-12-11-14-15(16(21)9-10-17(14)22)13-24-26(7,8)20(4,5)6/h9-10H,11-13H2,1-8H3/q-1. The summed E-state index contributed by atoms with van der Waals surface area (Å²) in [5.74, 6) is 0. The van der Waals surface area contributed by atoms with Crippen molar-refractivity contribution in [1.82, 2.24) is 0 Å². The SMILES string of the molecule is CC(C)(C)OC(=O)N1CCc2c1ccc(Br)c2CO[Si-](C)(C)C(C)(C)C. The number of ether oxygens (including phenoxy) is 1. The highest BCUT2D eigenvalue weighted by Crippen LogP contribution is 2.40. The molecule has 0 aliphatic carbocycles. The Morgan fingerprint density at radius 1 is 1.19 bits per heavy atom. The van der Waals surface area contributed by atoms with Gasteiger partial charge in [-0.05, 0) is 58.8 Å². The monoisotopic (exact) mass is 441 g/mol. The van der Waals surface area contributed by atoms with Crippen molar-refractivity contribution in [2.75, 3.05) is 11.4 Å². The molecular formula is C20H32BrNO3Si-. The third-order valence-corrected chi connectivity index (χ3v) is 10.4. The Labute approximate surface area is 167 Å². The van der Waals surface area contributed by atoms with Crippen LogP contribution in [0.5, 0.6) is 0 Å². The molecule has 4 nitrogen and oxygen atoms in total. The highest BCUT2D eigenvalue weighted by atomic mass is 79.9. The topological polar surface area (TPSA) is 38.8 Å². The summed E-state index contributed by atoms with van der Waals surface area (Å²) in [6.07, 6.45) is 0.541. The van der Waals surface area contributed by atoms with Gasteiger partial charge < -0.3 is 9.16 Å². The maximum Gasteiger partial charge on any atom is 0.414 e. The molecule has 1 heterocycles. The van der Waals surface area contributed by atoms with E-state index in [1.165, 1.54) is 5.56 Å². The van der Waals surface area contributed by atoms with E-state index in [4.69, 9.17) is 9.16 Å². The fourth-order valence-electron chi connectivity index (χ4n) is 2.66. The van der Waals surface area contributed by atoms with E-state index in [0.29, 0.717) is 13.2 Å². The quantitative estimate of drug-likeness (QED) is 0.518. The minimum atomic E-state index is -1.84. The van der Waals surface area contributed by atoms with Gasteiger partial charge in [-0.1, -0.05) is 36.7 Å². The molecule has 147 valence electrons. The fourth-order valence-corrected chi connectivity index (χ4v) is 4.08. The number of benzene rings is 1. The Bertz CT molecular complexity index is 690. The number of anilines is 1. The predicted octanol–water partition coefficient (Wildman–Crippen LogP) is 6.27. The summed E-state index contributed by atoms with van der Waals surface area (Å²) in [5, 5.41) is 0.167. The molecule has 1 aromatic carbocycles. The van der Waals surface area contributed by atoms with E-state index in [1.807, 2.05) is 32.9 Å². The van der Waals surface area contributed by atoms with Crippen molar-refractivity contribution in [3.05, 3.63) is 27.7 Å². The molecule has 6 heteroatoms. The van der Waals surface area contributed by atoms with Crippen molar-refractivity contribution in [2.24, 2.45) is 0 Å². The molecule has 2 rings (SSSR count). The van der Waals surface area contributed by atoms with Crippen molar-refractivity contribution in [1.29, 1.82) is 0 Å². The molecule has 1 amide bonds. The average molecular weight is 442 g/mol. The number of nitrogens with zero attached hydrogens (tertiary/aromatic N) is 1. The second kappa shape index (κ2) is 7.28. The third kappa shape index (κ3) is 4.70. The number of fused-ring (bicyclic) bond motifs is 1. The third-order valence-electron chi connectivity index (χ3n) is 5.22. The minimum Gasteiger partial charge on any atom is -0.561 e. The van der Waals surface area contributed by atoms with Crippen LogP contribution in [0.3, 0.4) is 0 Å². The van der Waals surface area contributed by atoms with Gasteiger partial charge in [-0.15, -0.1) is 18.1 Å². The van der Waals surface area contributed by atoms with Crippen LogP contribution in [0.4, 0.5) is 10.5 Å². The van der Waals surface area contributed by atoms with E-state index >= 15 is 0 Å². The maximum atomic E-state index is 12.5. The normalized spacial score (nSPS) is 15.2. The van der Waals surface area contributed by atoms with E-state index in [-0.39, 0.29) is 11.1 Å². The predicted molar refractivity (Wildman–Crippen MR) is 113 cm³/mol. The fraction of sp³-hybridized carbons (Fsp3) is 0.650. The molecule has 0 saturated heterocycles. The molecule has 0 spiro atoms. The first-order valence-corrected chi connectivity index (χ1v) is 12.9. The molecule has 0 radical (unpaired) electrons. The molecule has 26 heavy (non-hydrogen) atoms. The molecule has 1 aliphatic rings. The first kappa shape index (κ1) is 21.4. The lowest BCUT2D eigenvalue weighted by molar-refractivity contribution is 0.0584. The van der Waals surface area contributed by atoms with E-state index in [1.54, 1.807) is 4.90 Å². The Kier molecular flexibility index (Phi) is 6.01. The van der Waals surface area contributed by atoms with E-state index < -0.39 is 13.9 Å². The molecule has 0 unspecified atom stereocenters. The number of amides is 1. The Morgan fingerprint density at radius 2 is 1.81 bits per heavy atom. The van der Waals surface area contributed by atoms with Gasteiger partial charge in [0.2, 0.25) is 0 Å². The van der Waals surface area contributed by atoms with E-state index in [0.717, 1.165) is 22.1 Å². The Hall–Kier alpha value is -0.853. The van der Waals surface area contributed by atoms with Crippen molar-refractivity contribution >= 4 is 36.0 Å². The van der Waals surface area contributed by atoms with Crippen LogP contribution in [0.25, 0.3) is 0 Å². The molecule has 0 N–H and O–H groups in total. The van der Waals surface area contributed by atoms with Crippen molar-refractivity contribution < 1.29 is 14.0 Å². The Balaban J connectivity index is 2.26. The van der Waals surface area contributed by atoms with E-state index in [2.05, 4.69) is 49.8 Å². The molecule has 1 aliphatic heterocycles. The largest absolute Gasteiger partial charge is 0.561 e. The zero-order valence-corrected chi connectivity index (χ0v) is 19.9. The lowest BCUT2D eigenvalue weighted by Crippen LogP contribution is -2.40. The number of carbonyl (C=O) groups is 1. The average Bonchev–Trinajstić information content (AvgIpc) is 2.87. The first-order valence-electron chi connectivity index (χ1n) is 9.18. The lowest BCUT2D eigenvalue weighted by Gasteiger charge is -2.48. The highest BCUT2D eigenvalue weighted by molar-refractivity contribution is 9.10. The summed E-state index contributed by atoms with van der Waals surface area (Å²) in [5.41, 5.74) is 2.78. The molecule has 0 aromatic heterocycles. The summed E-state index contributed by atoms with van der Waals surface area (Å²) < 4.78 is 13.0. The van der Waals surface area contributed by atoms with Gasteiger partial charge in [-0.2, -0.15) is 0 Å². The van der Waals surface area contributed by atoms with Crippen LogP contribution < -0.4 is 4.90 Å². The van der Waals surface area contributed by atoms with Crippen LogP contribution in [0.1, 0.15) is 52.7 Å². The maximum absolute atomic E-state index is 12.5. The van der Waals surface area contributed by atoms with Crippen molar-refractivity contribution in [2.45, 2.75) is 78.3 Å². The number of hydrogen-bond donors (Lipinski definition) is 0. The minimum absolute atomic E-state index is 0.167. The highest BCUT2D eigenvalue weighted by Gasteiger charge is 2.31. The zero-order valence-electron chi connectivity index (χ0n) is 17.3. The summed E-state index contributed by atoms with van der Waals surface area (Å²) in [6.45, 7) is 18.1. The summed E-state index contributed by atoms with van der Waals surface area (Å²) in [6, 6.07) is 4.00. The summed E-state index contributed by atoms with van der Waals surface area (Å²) in [7, 11) is -1.84. The second-order valence-corrected chi connectivity index (χ2v) is 15.1. The number of hydrogen-bond acceptors (Lipinski definition) is 3. The number of carbonyl (C=O) groups excluding carboxylic acids is 1. The molecule has 0 atom stereocenters. The second-order valence-electron chi connectivity index (χ2n) is 9.45. The summed E-state index contributed by atoms with van der Waals surface area (Å²) >= 11 is 3.67. The van der Waals surface area contributed by atoms with Crippen LogP contribution in [0.15, 0.2) is 16.6 Å². The van der Waals surface area contributed by atoms with E-state index in [9.17, 15) is 4.79 Å². The Morgan fingerprint density at radius 3 is 2.35 bits per heavy atom. The van der Waals surface area contributed by atoms with Crippen LogP contribution in [0, 0.1) is 0 Å². The van der Waals surface area contributed by atoms with Gasteiger partial charge in [0.1, 0.15) is 5.60 Å². The van der Waals surface area contributed by atoms with Gasteiger partial charge in [-0.25, -0.2) is 4.79 Å². The van der Waals surface area contributed by atoms with Crippen molar-refractivity contribution in [3.8, 4) is 0 Å². The van der Waals surface area contributed by atoms with Gasteiger partial charge in [-0.3, -0.25) is 4.90 Å². The van der Waals surface area contributed by atoms with Crippen LogP contribution in [-0.2, 0) is 22.2 Å². The van der Waals surface area contributed by atoms with Crippen LogP contribution >= 0.6 is 15.9 Å². The summed E-state index contributed by atoms with van der Waals surface area (Å²) in [4.78, 5) is 14.3. The lowest BCUT2D eigenvalue weighted by atomic mass is 10.1. The number of halogens is 1.